The van der Waals surface area contributed by atoms with Crippen molar-refractivity contribution in [3.8, 4) is 0 Å². The van der Waals surface area contributed by atoms with Crippen molar-refractivity contribution in [3.05, 3.63) is 24.3 Å². The van der Waals surface area contributed by atoms with Gasteiger partial charge in [0.15, 0.2) is 5.82 Å². The molecule has 3 aliphatic rings. The van der Waals surface area contributed by atoms with E-state index in [2.05, 4.69) is 15.2 Å². The van der Waals surface area contributed by atoms with E-state index in [4.69, 9.17) is 0 Å². The Hall–Kier alpha value is -2.18. The van der Waals surface area contributed by atoms with Crippen molar-refractivity contribution < 1.29 is 14.0 Å². The monoisotopic (exact) mass is 374 g/mol. The van der Waals surface area contributed by atoms with Gasteiger partial charge in [0.05, 0.1) is 11.9 Å². The summed E-state index contributed by atoms with van der Waals surface area (Å²) < 4.78 is 13.9. The summed E-state index contributed by atoms with van der Waals surface area (Å²) in [6.07, 6.45) is 8.20. The Kier molecular flexibility index (Phi) is 5.27. The van der Waals surface area contributed by atoms with Gasteiger partial charge in [-0.3, -0.25) is 14.6 Å². The Morgan fingerprint density at radius 3 is 2.33 bits per heavy atom. The molecule has 1 unspecified atom stereocenters. The molecular weight excluding hydrogens is 347 g/mol. The van der Waals surface area contributed by atoms with Crippen LogP contribution >= 0.6 is 0 Å². The number of anilines is 1. The van der Waals surface area contributed by atoms with Gasteiger partial charge in [-0.1, -0.05) is 0 Å². The number of aromatic nitrogens is 1. The molecule has 0 bridgehead atoms. The molecule has 1 atom stereocenters. The van der Waals surface area contributed by atoms with Crippen LogP contribution in [-0.4, -0.2) is 53.9 Å². The molecule has 146 valence electrons. The molecule has 6 nitrogen and oxygen atoms in total. The van der Waals surface area contributed by atoms with Crippen LogP contribution in [-0.2, 0) is 9.59 Å². The lowest BCUT2D eigenvalue weighted by atomic mass is 9.78. The fourth-order valence-corrected chi connectivity index (χ4v) is 4.85. The molecule has 1 aromatic heterocycles. The van der Waals surface area contributed by atoms with Gasteiger partial charge < -0.3 is 15.1 Å². The third-order valence-electron chi connectivity index (χ3n) is 6.44. The summed E-state index contributed by atoms with van der Waals surface area (Å²) in [5.74, 6) is 1.11. The Morgan fingerprint density at radius 2 is 1.74 bits per heavy atom. The Bertz CT molecular complexity index is 697. The highest BCUT2D eigenvalue weighted by Gasteiger charge is 2.35. The SMILES string of the molecule is O=C1CCC(C(=O)N2CCC(C3CCN(c4ccncc4F)CC3)CC2)N1. The van der Waals surface area contributed by atoms with Crippen LogP contribution in [0.5, 0.6) is 0 Å². The Labute approximate surface area is 159 Å². The first-order valence-corrected chi connectivity index (χ1v) is 10.0. The van der Waals surface area contributed by atoms with Crippen LogP contribution in [0.1, 0.15) is 38.5 Å². The third kappa shape index (κ3) is 3.92. The third-order valence-corrected chi connectivity index (χ3v) is 6.44. The maximum Gasteiger partial charge on any atom is 0.245 e. The van der Waals surface area contributed by atoms with Crippen molar-refractivity contribution in [2.24, 2.45) is 11.8 Å². The Morgan fingerprint density at radius 1 is 1.07 bits per heavy atom. The lowest BCUT2D eigenvalue weighted by Gasteiger charge is -2.41. The largest absolute Gasteiger partial charge is 0.369 e. The molecule has 4 rings (SSSR count). The highest BCUT2D eigenvalue weighted by Crippen LogP contribution is 2.34. The maximum absolute atomic E-state index is 13.9. The number of carbonyl (C=O) groups is 2. The van der Waals surface area contributed by atoms with E-state index in [-0.39, 0.29) is 23.7 Å². The average Bonchev–Trinajstić information content (AvgIpc) is 3.14. The van der Waals surface area contributed by atoms with Gasteiger partial charge in [-0.25, -0.2) is 4.39 Å². The number of halogens is 1. The van der Waals surface area contributed by atoms with Crippen molar-refractivity contribution in [2.75, 3.05) is 31.1 Å². The second-order valence-corrected chi connectivity index (χ2v) is 7.97. The van der Waals surface area contributed by atoms with Crippen LogP contribution in [0.4, 0.5) is 10.1 Å². The van der Waals surface area contributed by atoms with Crippen LogP contribution in [0.15, 0.2) is 18.5 Å². The molecule has 0 spiro atoms. The minimum Gasteiger partial charge on any atom is -0.369 e. The zero-order chi connectivity index (χ0) is 18.8. The summed E-state index contributed by atoms with van der Waals surface area (Å²) in [4.78, 5) is 31.7. The van der Waals surface area contributed by atoms with Crippen LogP contribution in [0.25, 0.3) is 0 Å². The summed E-state index contributed by atoms with van der Waals surface area (Å²) >= 11 is 0. The number of pyridine rings is 1. The molecule has 7 heteroatoms. The first kappa shape index (κ1) is 18.2. The zero-order valence-electron chi connectivity index (χ0n) is 15.6. The summed E-state index contributed by atoms with van der Waals surface area (Å²) in [7, 11) is 0. The summed E-state index contributed by atoms with van der Waals surface area (Å²) in [6.45, 7) is 3.32. The molecule has 0 saturated carbocycles. The number of nitrogens with one attached hydrogen (secondary N) is 1. The first-order chi connectivity index (χ1) is 13.1. The number of rotatable bonds is 3. The van der Waals surface area contributed by atoms with E-state index in [9.17, 15) is 14.0 Å². The number of likely N-dealkylation sites (tertiary alicyclic amines) is 1. The van der Waals surface area contributed by atoms with Gasteiger partial charge in [-0.15, -0.1) is 0 Å². The van der Waals surface area contributed by atoms with Crippen molar-refractivity contribution in [2.45, 2.75) is 44.6 Å². The van der Waals surface area contributed by atoms with E-state index in [1.165, 1.54) is 6.20 Å². The minimum absolute atomic E-state index is 0.0133. The van der Waals surface area contributed by atoms with Gasteiger partial charge >= 0.3 is 0 Å². The van der Waals surface area contributed by atoms with E-state index >= 15 is 0 Å². The molecule has 3 aliphatic heterocycles. The standard InChI is InChI=1S/C20H27FN4O2/c21-16-13-22-8-3-18(16)24-9-4-14(5-10-24)15-6-11-25(12-7-15)20(27)17-1-2-19(26)23-17/h3,8,13-15,17H,1-2,4-7,9-12H2,(H,23,26). The maximum atomic E-state index is 13.9. The zero-order valence-corrected chi connectivity index (χ0v) is 15.6. The van der Waals surface area contributed by atoms with E-state index < -0.39 is 0 Å². The van der Waals surface area contributed by atoms with Gasteiger partial charge in [0, 0.05) is 38.8 Å². The van der Waals surface area contributed by atoms with Crippen molar-refractivity contribution in [1.82, 2.24) is 15.2 Å². The molecule has 0 aliphatic carbocycles. The van der Waals surface area contributed by atoms with Gasteiger partial charge in [0.1, 0.15) is 6.04 Å². The van der Waals surface area contributed by atoms with Crippen LogP contribution in [0.2, 0.25) is 0 Å². The normalized spacial score (nSPS) is 24.9. The second-order valence-electron chi connectivity index (χ2n) is 7.97. The number of amides is 2. The molecule has 3 saturated heterocycles. The molecule has 1 aromatic rings. The lowest BCUT2D eigenvalue weighted by Crippen LogP contribution is -2.48. The van der Waals surface area contributed by atoms with E-state index in [0.29, 0.717) is 30.4 Å². The topological polar surface area (TPSA) is 65.5 Å². The highest BCUT2D eigenvalue weighted by molar-refractivity contribution is 5.90. The number of piperidine rings is 2. The number of nitrogens with zero attached hydrogens (tertiary/aromatic N) is 3. The Balaban J connectivity index is 1.25. The molecular formula is C20H27FN4O2. The number of hydrogen-bond donors (Lipinski definition) is 1. The van der Waals surface area contributed by atoms with Gasteiger partial charge in [-0.2, -0.15) is 0 Å². The van der Waals surface area contributed by atoms with Gasteiger partial charge in [-0.05, 0) is 50.0 Å². The van der Waals surface area contributed by atoms with Crippen molar-refractivity contribution in [1.29, 1.82) is 0 Å². The first-order valence-electron chi connectivity index (χ1n) is 10.0. The van der Waals surface area contributed by atoms with E-state index in [1.54, 1.807) is 12.3 Å². The fraction of sp³-hybridized carbons (Fsp3) is 0.650. The van der Waals surface area contributed by atoms with Gasteiger partial charge in [0.2, 0.25) is 11.8 Å². The minimum atomic E-state index is -0.312. The van der Waals surface area contributed by atoms with Crippen LogP contribution in [0, 0.1) is 17.7 Å². The lowest BCUT2D eigenvalue weighted by molar-refractivity contribution is -0.136. The molecule has 2 amide bonds. The molecule has 0 radical (unpaired) electrons. The predicted octanol–water partition coefficient (Wildman–Crippen LogP) is 1.95. The molecule has 1 N–H and O–H groups in total. The van der Waals surface area contributed by atoms with Crippen molar-refractivity contribution >= 4 is 17.5 Å². The predicted molar refractivity (Wildman–Crippen MR) is 99.6 cm³/mol. The smallest absolute Gasteiger partial charge is 0.245 e. The second kappa shape index (κ2) is 7.82. The van der Waals surface area contributed by atoms with Crippen molar-refractivity contribution in [3.63, 3.8) is 0 Å². The summed E-state index contributed by atoms with van der Waals surface area (Å²) in [5.41, 5.74) is 0.655. The van der Waals surface area contributed by atoms with Crippen LogP contribution in [0.3, 0.4) is 0 Å². The number of hydrogen-bond acceptors (Lipinski definition) is 4. The average molecular weight is 374 g/mol. The summed E-state index contributed by atoms with van der Waals surface area (Å²) in [6, 6.07) is 1.44. The van der Waals surface area contributed by atoms with Gasteiger partial charge in [0.25, 0.3) is 0 Å². The fourth-order valence-electron chi connectivity index (χ4n) is 4.85. The number of carbonyl (C=O) groups excluding carboxylic acids is 2. The molecule has 0 aromatic carbocycles. The molecule has 27 heavy (non-hydrogen) atoms. The van der Waals surface area contributed by atoms with Crippen LogP contribution < -0.4 is 10.2 Å². The summed E-state index contributed by atoms with van der Waals surface area (Å²) in [5, 5.41) is 2.78. The van der Waals surface area contributed by atoms with E-state index in [0.717, 1.165) is 51.9 Å². The quantitative estimate of drug-likeness (QED) is 0.878. The highest BCUT2D eigenvalue weighted by atomic mass is 19.1. The molecule has 4 heterocycles. The molecule has 3 fully saturated rings. The van der Waals surface area contributed by atoms with E-state index in [1.807, 2.05) is 4.90 Å².